The summed E-state index contributed by atoms with van der Waals surface area (Å²) in [6.45, 7) is 1.76. The lowest BCUT2D eigenvalue weighted by molar-refractivity contribution is 0.101. The molecule has 0 bridgehead atoms. The van der Waals surface area contributed by atoms with E-state index in [4.69, 9.17) is 16.1 Å². The number of carbonyl (C=O) groups excluding carboxylic acids is 1. The van der Waals surface area contributed by atoms with Gasteiger partial charge in [0.1, 0.15) is 5.82 Å². The van der Waals surface area contributed by atoms with Gasteiger partial charge in [0, 0.05) is 29.2 Å². The average molecular weight is 360 g/mol. The minimum absolute atomic E-state index is 0.0508. The summed E-state index contributed by atoms with van der Waals surface area (Å²) in [5.41, 5.74) is 1.30. The van der Waals surface area contributed by atoms with E-state index in [1.807, 2.05) is 0 Å². The normalized spacial score (nSPS) is 10.7. The molecule has 0 unspecified atom stereocenters. The Hall–Kier alpha value is -2.73. The molecule has 3 rings (SSSR count). The van der Waals surface area contributed by atoms with Crippen LogP contribution in [0.4, 0.5) is 10.1 Å². The van der Waals surface area contributed by atoms with E-state index in [9.17, 15) is 9.18 Å². The number of carbonyl (C=O) groups is 1. The molecule has 128 valence electrons. The van der Waals surface area contributed by atoms with Gasteiger partial charge in [-0.3, -0.25) is 4.79 Å². The van der Waals surface area contributed by atoms with E-state index in [1.54, 1.807) is 36.4 Å². The lowest BCUT2D eigenvalue weighted by Gasteiger charge is -2.09. The number of nitrogens with zero attached hydrogens (tertiary/aromatic N) is 2. The molecule has 0 amide bonds. The van der Waals surface area contributed by atoms with E-state index in [1.165, 1.54) is 13.0 Å². The molecule has 0 radical (unpaired) electrons. The maximum atomic E-state index is 13.8. The zero-order chi connectivity index (χ0) is 17.8. The molecule has 0 fully saturated rings. The summed E-state index contributed by atoms with van der Waals surface area (Å²) in [5.74, 6) is 0.0452. The molecule has 0 aliphatic carbocycles. The van der Waals surface area contributed by atoms with Crippen molar-refractivity contribution < 1.29 is 13.7 Å². The standard InChI is InChI=1S/C18H15ClFN3O2/c1-11(24)17-14(20)3-2-4-15(17)21-10-9-16-22-18(23-25-16)12-5-7-13(19)8-6-12/h2-8,21H,9-10H2,1H3. The summed E-state index contributed by atoms with van der Waals surface area (Å²) >= 11 is 5.85. The fourth-order valence-electron chi connectivity index (χ4n) is 2.41. The average Bonchev–Trinajstić information content (AvgIpc) is 3.04. The van der Waals surface area contributed by atoms with E-state index in [-0.39, 0.29) is 11.3 Å². The minimum Gasteiger partial charge on any atom is -0.384 e. The molecule has 0 aliphatic heterocycles. The Morgan fingerprint density at radius 1 is 1.24 bits per heavy atom. The number of benzene rings is 2. The molecule has 5 nitrogen and oxygen atoms in total. The third-order valence-corrected chi connectivity index (χ3v) is 3.84. The Morgan fingerprint density at radius 3 is 2.72 bits per heavy atom. The first-order chi connectivity index (χ1) is 12.0. The zero-order valence-corrected chi connectivity index (χ0v) is 14.2. The van der Waals surface area contributed by atoms with E-state index in [2.05, 4.69) is 15.5 Å². The van der Waals surface area contributed by atoms with Gasteiger partial charge < -0.3 is 9.84 Å². The number of aromatic nitrogens is 2. The van der Waals surface area contributed by atoms with Crippen molar-refractivity contribution in [3.8, 4) is 11.4 Å². The molecular formula is C18H15ClFN3O2. The summed E-state index contributed by atoms with van der Waals surface area (Å²) in [6.07, 6.45) is 0.439. The van der Waals surface area contributed by atoms with Gasteiger partial charge in [-0.25, -0.2) is 4.39 Å². The largest absolute Gasteiger partial charge is 0.384 e. The van der Waals surface area contributed by atoms with Crippen molar-refractivity contribution in [2.45, 2.75) is 13.3 Å². The number of nitrogens with one attached hydrogen (secondary N) is 1. The van der Waals surface area contributed by atoms with Crippen LogP contribution in [0.2, 0.25) is 5.02 Å². The lowest BCUT2D eigenvalue weighted by atomic mass is 10.1. The van der Waals surface area contributed by atoms with Gasteiger partial charge >= 0.3 is 0 Å². The molecule has 0 saturated carbocycles. The third-order valence-electron chi connectivity index (χ3n) is 3.59. The summed E-state index contributed by atoms with van der Waals surface area (Å²) < 4.78 is 19.0. The highest BCUT2D eigenvalue weighted by Gasteiger charge is 2.13. The summed E-state index contributed by atoms with van der Waals surface area (Å²) in [7, 11) is 0. The monoisotopic (exact) mass is 359 g/mol. The number of Topliss-reactive ketones (excluding diaryl/α,β-unsaturated/α-hetero) is 1. The first kappa shape index (κ1) is 17.1. The van der Waals surface area contributed by atoms with E-state index in [0.717, 1.165) is 5.56 Å². The molecule has 1 aromatic heterocycles. The molecule has 0 atom stereocenters. The van der Waals surface area contributed by atoms with Crippen molar-refractivity contribution in [3.63, 3.8) is 0 Å². The molecule has 0 saturated heterocycles. The van der Waals surface area contributed by atoms with Crippen molar-refractivity contribution >= 4 is 23.1 Å². The van der Waals surface area contributed by atoms with Gasteiger partial charge in [-0.1, -0.05) is 22.8 Å². The molecular weight excluding hydrogens is 345 g/mol. The molecule has 2 aromatic carbocycles. The van der Waals surface area contributed by atoms with Crippen LogP contribution >= 0.6 is 11.6 Å². The molecule has 1 N–H and O–H groups in total. The molecule has 0 spiro atoms. The molecule has 0 aliphatic rings. The first-order valence-corrected chi connectivity index (χ1v) is 8.04. The van der Waals surface area contributed by atoms with Crippen LogP contribution in [0, 0.1) is 5.82 Å². The number of hydrogen-bond donors (Lipinski definition) is 1. The maximum absolute atomic E-state index is 13.8. The van der Waals surface area contributed by atoms with Crippen molar-refractivity contribution in [1.82, 2.24) is 10.1 Å². The lowest BCUT2D eigenvalue weighted by Crippen LogP contribution is -2.10. The molecule has 25 heavy (non-hydrogen) atoms. The summed E-state index contributed by atoms with van der Waals surface area (Å²) in [5, 5.41) is 7.60. The van der Waals surface area contributed by atoms with Crippen molar-refractivity contribution in [2.75, 3.05) is 11.9 Å². The Labute approximate surface area is 148 Å². The first-order valence-electron chi connectivity index (χ1n) is 7.66. The fourth-order valence-corrected chi connectivity index (χ4v) is 2.53. The zero-order valence-electron chi connectivity index (χ0n) is 13.4. The van der Waals surface area contributed by atoms with Gasteiger partial charge in [-0.2, -0.15) is 4.98 Å². The van der Waals surface area contributed by atoms with Crippen LogP contribution in [0.5, 0.6) is 0 Å². The van der Waals surface area contributed by atoms with Crippen LogP contribution < -0.4 is 5.32 Å². The Kier molecular flexibility index (Phi) is 5.09. The Bertz CT molecular complexity index is 894. The second-order valence-corrected chi connectivity index (χ2v) is 5.85. The van der Waals surface area contributed by atoms with E-state index >= 15 is 0 Å². The fraction of sp³-hybridized carbons (Fsp3) is 0.167. The van der Waals surface area contributed by atoms with Gasteiger partial charge in [-0.05, 0) is 43.3 Å². The number of halogens is 2. The highest BCUT2D eigenvalue weighted by Crippen LogP contribution is 2.21. The SMILES string of the molecule is CC(=O)c1c(F)cccc1NCCc1nc(-c2ccc(Cl)cc2)no1. The van der Waals surface area contributed by atoms with Gasteiger partial charge in [-0.15, -0.1) is 0 Å². The van der Waals surface area contributed by atoms with Gasteiger partial charge in [0.2, 0.25) is 11.7 Å². The van der Waals surface area contributed by atoms with Crippen molar-refractivity contribution in [3.05, 3.63) is 64.8 Å². The van der Waals surface area contributed by atoms with Crippen LogP contribution in [0.25, 0.3) is 11.4 Å². The predicted octanol–water partition coefficient (Wildman–Crippen LogP) is 4.39. The van der Waals surface area contributed by atoms with Crippen LogP contribution in [0.1, 0.15) is 23.2 Å². The number of ketones is 1. The highest BCUT2D eigenvalue weighted by molar-refractivity contribution is 6.30. The van der Waals surface area contributed by atoms with Gasteiger partial charge in [0.15, 0.2) is 5.78 Å². The van der Waals surface area contributed by atoms with Crippen molar-refractivity contribution in [2.24, 2.45) is 0 Å². The van der Waals surface area contributed by atoms with E-state index < -0.39 is 5.82 Å². The number of anilines is 1. The molecule has 7 heteroatoms. The topological polar surface area (TPSA) is 68.0 Å². The second kappa shape index (κ2) is 7.44. The minimum atomic E-state index is -0.541. The third kappa shape index (κ3) is 4.03. The highest BCUT2D eigenvalue weighted by atomic mass is 35.5. The predicted molar refractivity (Wildman–Crippen MR) is 93.3 cm³/mol. The maximum Gasteiger partial charge on any atom is 0.228 e. The Balaban J connectivity index is 1.65. The summed E-state index contributed by atoms with van der Waals surface area (Å²) in [6, 6.07) is 11.6. The quantitative estimate of drug-likeness (QED) is 0.661. The van der Waals surface area contributed by atoms with Crippen molar-refractivity contribution in [1.29, 1.82) is 0 Å². The van der Waals surface area contributed by atoms with Crippen LogP contribution in [-0.2, 0) is 6.42 Å². The van der Waals surface area contributed by atoms with Gasteiger partial charge in [0.25, 0.3) is 0 Å². The van der Waals surface area contributed by atoms with E-state index in [0.29, 0.717) is 35.4 Å². The van der Waals surface area contributed by atoms with Crippen LogP contribution in [0.15, 0.2) is 47.0 Å². The van der Waals surface area contributed by atoms with Gasteiger partial charge in [0.05, 0.1) is 5.56 Å². The smallest absolute Gasteiger partial charge is 0.228 e. The number of hydrogen-bond acceptors (Lipinski definition) is 5. The van der Waals surface area contributed by atoms with Crippen LogP contribution in [-0.4, -0.2) is 22.5 Å². The second-order valence-electron chi connectivity index (χ2n) is 5.41. The summed E-state index contributed by atoms with van der Waals surface area (Å²) in [4.78, 5) is 15.9. The molecule has 3 aromatic rings. The van der Waals surface area contributed by atoms with Crippen LogP contribution in [0.3, 0.4) is 0 Å². The number of rotatable bonds is 6. The Morgan fingerprint density at radius 2 is 2.00 bits per heavy atom. The molecule has 1 heterocycles.